The van der Waals surface area contributed by atoms with Gasteiger partial charge in [0.25, 0.3) is 0 Å². The first kappa shape index (κ1) is 16.3. The molecule has 122 valence electrons. The Bertz CT molecular complexity index is 754. The van der Waals surface area contributed by atoms with Gasteiger partial charge in [0.15, 0.2) is 0 Å². The van der Waals surface area contributed by atoms with Crippen LogP contribution in [0, 0.1) is 0 Å². The van der Waals surface area contributed by atoms with E-state index in [0.29, 0.717) is 13.1 Å². The summed E-state index contributed by atoms with van der Waals surface area (Å²) in [5, 5.41) is 0. The SMILES string of the molecule is O=C(/C=C/c1ccc(Br)cc1)N(Cc1ccco1)Cc1ccco1. The zero-order valence-electron chi connectivity index (χ0n) is 12.9. The van der Waals surface area contributed by atoms with Crippen molar-refractivity contribution in [1.82, 2.24) is 4.90 Å². The molecule has 1 aromatic carbocycles. The number of furan rings is 2. The largest absolute Gasteiger partial charge is 0.467 e. The van der Waals surface area contributed by atoms with Crippen LogP contribution in [0.25, 0.3) is 6.08 Å². The molecule has 3 aromatic rings. The van der Waals surface area contributed by atoms with Crippen LogP contribution in [-0.2, 0) is 17.9 Å². The second kappa shape index (κ2) is 7.84. The number of halogens is 1. The summed E-state index contributed by atoms with van der Waals surface area (Å²) in [6, 6.07) is 15.1. The van der Waals surface area contributed by atoms with Crippen LogP contribution in [0.1, 0.15) is 17.1 Å². The van der Waals surface area contributed by atoms with Gasteiger partial charge in [0.05, 0.1) is 25.6 Å². The minimum absolute atomic E-state index is 0.106. The highest BCUT2D eigenvalue weighted by atomic mass is 79.9. The van der Waals surface area contributed by atoms with E-state index in [0.717, 1.165) is 21.6 Å². The lowest BCUT2D eigenvalue weighted by Gasteiger charge is -2.18. The fourth-order valence-electron chi connectivity index (χ4n) is 2.24. The Balaban J connectivity index is 1.73. The molecule has 24 heavy (non-hydrogen) atoms. The highest BCUT2D eigenvalue weighted by Gasteiger charge is 2.15. The first-order valence-electron chi connectivity index (χ1n) is 7.48. The van der Waals surface area contributed by atoms with Crippen molar-refractivity contribution in [3.8, 4) is 0 Å². The van der Waals surface area contributed by atoms with E-state index in [1.54, 1.807) is 29.6 Å². The second-order valence-electron chi connectivity index (χ2n) is 5.24. The monoisotopic (exact) mass is 385 g/mol. The zero-order chi connectivity index (χ0) is 16.8. The maximum Gasteiger partial charge on any atom is 0.247 e. The van der Waals surface area contributed by atoms with Crippen molar-refractivity contribution >= 4 is 27.9 Å². The van der Waals surface area contributed by atoms with Crippen molar-refractivity contribution < 1.29 is 13.6 Å². The van der Waals surface area contributed by atoms with Gasteiger partial charge < -0.3 is 13.7 Å². The minimum Gasteiger partial charge on any atom is -0.467 e. The fourth-order valence-corrected chi connectivity index (χ4v) is 2.50. The Morgan fingerprint density at radius 1 is 0.958 bits per heavy atom. The molecule has 2 heterocycles. The minimum atomic E-state index is -0.106. The summed E-state index contributed by atoms with van der Waals surface area (Å²) >= 11 is 3.40. The van der Waals surface area contributed by atoms with Crippen LogP contribution in [0.3, 0.4) is 0 Å². The zero-order valence-corrected chi connectivity index (χ0v) is 14.5. The smallest absolute Gasteiger partial charge is 0.247 e. The lowest BCUT2D eigenvalue weighted by molar-refractivity contribution is -0.127. The van der Waals surface area contributed by atoms with E-state index in [9.17, 15) is 4.79 Å². The molecule has 0 unspecified atom stereocenters. The molecule has 0 saturated heterocycles. The number of carbonyl (C=O) groups excluding carboxylic acids is 1. The van der Waals surface area contributed by atoms with Crippen molar-refractivity contribution in [3.05, 3.63) is 88.7 Å². The van der Waals surface area contributed by atoms with Crippen LogP contribution in [-0.4, -0.2) is 10.8 Å². The number of amides is 1. The molecule has 0 radical (unpaired) electrons. The molecule has 0 saturated carbocycles. The van der Waals surface area contributed by atoms with Crippen molar-refractivity contribution in [3.63, 3.8) is 0 Å². The van der Waals surface area contributed by atoms with Crippen molar-refractivity contribution in [2.24, 2.45) is 0 Å². The number of benzene rings is 1. The Morgan fingerprint density at radius 3 is 2.04 bits per heavy atom. The molecule has 4 nitrogen and oxygen atoms in total. The van der Waals surface area contributed by atoms with Crippen LogP contribution in [0.15, 0.2) is 80.4 Å². The number of hydrogen-bond donors (Lipinski definition) is 0. The number of rotatable bonds is 6. The third-order valence-corrected chi connectivity index (χ3v) is 3.98. The summed E-state index contributed by atoms with van der Waals surface area (Å²) in [7, 11) is 0. The molecule has 1 amide bonds. The van der Waals surface area contributed by atoms with Crippen molar-refractivity contribution in [2.45, 2.75) is 13.1 Å². The summed E-state index contributed by atoms with van der Waals surface area (Å²) in [6.07, 6.45) is 6.56. The number of carbonyl (C=O) groups is 1. The summed E-state index contributed by atoms with van der Waals surface area (Å²) in [6.45, 7) is 0.772. The van der Waals surface area contributed by atoms with Gasteiger partial charge in [-0.3, -0.25) is 4.79 Å². The molecule has 0 aliphatic carbocycles. The van der Waals surface area contributed by atoms with Crippen LogP contribution < -0.4 is 0 Å². The van der Waals surface area contributed by atoms with Gasteiger partial charge in [-0.2, -0.15) is 0 Å². The molecule has 0 aliphatic rings. The average molecular weight is 386 g/mol. The molecule has 0 aliphatic heterocycles. The normalized spacial score (nSPS) is 11.0. The molecule has 0 atom stereocenters. The Labute approximate surface area is 148 Å². The van der Waals surface area contributed by atoms with Gasteiger partial charge >= 0.3 is 0 Å². The third-order valence-electron chi connectivity index (χ3n) is 3.45. The molecule has 0 bridgehead atoms. The van der Waals surface area contributed by atoms with Crippen LogP contribution >= 0.6 is 15.9 Å². The molecule has 0 fully saturated rings. The van der Waals surface area contributed by atoms with E-state index in [2.05, 4.69) is 15.9 Å². The maximum atomic E-state index is 12.6. The molecule has 2 aromatic heterocycles. The van der Waals surface area contributed by atoms with Gasteiger partial charge in [-0.05, 0) is 48.0 Å². The topological polar surface area (TPSA) is 46.6 Å². The summed E-state index contributed by atoms with van der Waals surface area (Å²) in [5.74, 6) is 1.35. The van der Waals surface area contributed by atoms with E-state index in [4.69, 9.17) is 8.83 Å². The van der Waals surface area contributed by atoms with Crippen molar-refractivity contribution in [2.75, 3.05) is 0 Å². The van der Waals surface area contributed by atoms with Gasteiger partial charge in [-0.15, -0.1) is 0 Å². The fraction of sp³-hybridized carbons (Fsp3) is 0.105. The Hall–Kier alpha value is -2.53. The van der Waals surface area contributed by atoms with Crippen LogP contribution in [0.5, 0.6) is 0 Å². The van der Waals surface area contributed by atoms with E-state index in [1.165, 1.54) is 0 Å². The average Bonchev–Trinajstić information content (AvgIpc) is 3.27. The number of nitrogens with zero attached hydrogens (tertiary/aromatic N) is 1. The first-order chi connectivity index (χ1) is 11.7. The molecule has 5 heteroatoms. The van der Waals surface area contributed by atoms with Gasteiger partial charge in [-0.1, -0.05) is 28.1 Å². The summed E-state index contributed by atoms with van der Waals surface area (Å²) in [5.41, 5.74) is 0.961. The van der Waals surface area contributed by atoms with Crippen LogP contribution in [0.2, 0.25) is 0 Å². The first-order valence-corrected chi connectivity index (χ1v) is 8.27. The molecule has 3 rings (SSSR count). The molecule has 0 N–H and O–H groups in total. The summed E-state index contributed by atoms with van der Waals surface area (Å²) in [4.78, 5) is 14.3. The quantitative estimate of drug-likeness (QED) is 0.568. The Morgan fingerprint density at radius 2 is 1.54 bits per heavy atom. The standard InChI is InChI=1S/C19H16BrNO3/c20-16-8-5-15(6-9-16)7-10-19(22)21(13-17-3-1-11-23-17)14-18-4-2-12-24-18/h1-12H,13-14H2/b10-7+. The maximum absolute atomic E-state index is 12.6. The predicted octanol–water partition coefficient (Wildman–Crippen LogP) is 4.88. The van der Waals surface area contributed by atoms with E-state index >= 15 is 0 Å². The second-order valence-corrected chi connectivity index (χ2v) is 6.15. The van der Waals surface area contributed by atoms with E-state index in [-0.39, 0.29) is 5.91 Å². The van der Waals surface area contributed by atoms with Gasteiger partial charge in [-0.25, -0.2) is 0 Å². The highest BCUT2D eigenvalue weighted by molar-refractivity contribution is 9.10. The predicted molar refractivity (Wildman–Crippen MR) is 94.8 cm³/mol. The summed E-state index contributed by atoms with van der Waals surface area (Å²) < 4.78 is 11.7. The Kier molecular flexibility index (Phi) is 5.33. The van der Waals surface area contributed by atoms with E-state index in [1.807, 2.05) is 48.5 Å². The molecular weight excluding hydrogens is 370 g/mol. The van der Waals surface area contributed by atoms with Crippen molar-refractivity contribution in [1.29, 1.82) is 0 Å². The molecular formula is C19H16BrNO3. The van der Waals surface area contributed by atoms with Gasteiger partial charge in [0.2, 0.25) is 5.91 Å². The van der Waals surface area contributed by atoms with Gasteiger partial charge in [0.1, 0.15) is 11.5 Å². The van der Waals surface area contributed by atoms with E-state index < -0.39 is 0 Å². The lowest BCUT2D eigenvalue weighted by Crippen LogP contribution is -2.28. The number of hydrogen-bond acceptors (Lipinski definition) is 3. The molecule has 0 spiro atoms. The lowest BCUT2D eigenvalue weighted by atomic mass is 10.2. The van der Waals surface area contributed by atoms with Gasteiger partial charge in [0, 0.05) is 10.5 Å². The third kappa shape index (κ3) is 4.49. The van der Waals surface area contributed by atoms with Crippen LogP contribution in [0.4, 0.5) is 0 Å². The highest BCUT2D eigenvalue weighted by Crippen LogP contribution is 2.14.